The van der Waals surface area contributed by atoms with E-state index in [1.54, 1.807) is 18.2 Å². The first kappa shape index (κ1) is 25.6. The van der Waals surface area contributed by atoms with E-state index in [2.05, 4.69) is 4.98 Å². The molecular formula is C25H28F3N3O3S2. The smallest absolute Gasteiger partial charge is 0.243 e. The predicted molar refractivity (Wildman–Crippen MR) is 132 cm³/mol. The number of rotatable bonds is 7. The molecule has 0 saturated carbocycles. The van der Waals surface area contributed by atoms with Gasteiger partial charge in [0, 0.05) is 43.1 Å². The number of piperidine rings is 1. The first-order valence-electron chi connectivity index (χ1n) is 12.1. The Balaban J connectivity index is 1.49. The fraction of sp³-hybridized carbons (Fsp3) is 0.480. The van der Waals surface area contributed by atoms with Crippen LogP contribution in [-0.2, 0) is 27.1 Å². The minimum absolute atomic E-state index is 0.0284. The molecule has 0 N–H and O–H groups in total. The zero-order chi connectivity index (χ0) is 25.4. The maximum atomic E-state index is 14.2. The Morgan fingerprint density at radius 2 is 1.89 bits per heavy atom. The molecule has 194 valence electrons. The summed E-state index contributed by atoms with van der Waals surface area (Å²) in [7, 11) is -3.67. The molecule has 6 nitrogen and oxygen atoms in total. The summed E-state index contributed by atoms with van der Waals surface area (Å²) in [5.74, 6) is -2.67. The first-order valence-corrected chi connectivity index (χ1v) is 14.5. The van der Waals surface area contributed by atoms with E-state index >= 15 is 0 Å². The van der Waals surface area contributed by atoms with Gasteiger partial charge in [0.25, 0.3) is 0 Å². The molecule has 2 aliphatic rings. The monoisotopic (exact) mass is 539 g/mol. The average Bonchev–Trinajstić information content (AvgIpc) is 3.46. The van der Waals surface area contributed by atoms with Crippen LogP contribution in [0.15, 0.2) is 40.4 Å². The number of hydrogen-bond donors (Lipinski definition) is 0. The third-order valence-electron chi connectivity index (χ3n) is 6.80. The van der Waals surface area contributed by atoms with Crippen LogP contribution in [0.5, 0.6) is 0 Å². The molecule has 2 atom stereocenters. The van der Waals surface area contributed by atoms with Gasteiger partial charge in [-0.1, -0.05) is 18.7 Å². The Morgan fingerprint density at radius 3 is 2.58 bits per heavy atom. The number of hydrogen-bond acceptors (Lipinski definition) is 5. The molecule has 2 aromatic carbocycles. The number of aromatic nitrogens is 2. The van der Waals surface area contributed by atoms with Gasteiger partial charge in [-0.3, -0.25) is 0 Å². The second-order valence-corrected chi connectivity index (χ2v) is 12.4. The van der Waals surface area contributed by atoms with Crippen LogP contribution in [-0.4, -0.2) is 48.1 Å². The lowest BCUT2D eigenvalue weighted by Gasteiger charge is -2.30. The highest BCUT2D eigenvalue weighted by atomic mass is 32.2. The Hall–Kier alpha value is -2.08. The van der Waals surface area contributed by atoms with Crippen molar-refractivity contribution in [2.24, 2.45) is 5.92 Å². The normalized spacial score (nSPS) is 21.4. The third kappa shape index (κ3) is 5.16. The maximum absolute atomic E-state index is 14.2. The Kier molecular flexibility index (Phi) is 7.35. The number of thioether (sulfide) groups is 1. The standard InChI is InChI=1S/C25H28F3N3O3S2/c1-16-4-2-8-30(13-16)36(32,33)19-6-7-24-23(12-19)29-25(31(24)14-18-5-3-9-34-18)35-15-20-21(27)10-17(26)11-22(20)28/h6-7,10-12,16,18H,2-5,8-9,13-15H2,1H3/t16-,18-/m0/s1. The molecule has 0 bridgehead atoms. The molecule has 0 spiro atoms. The second kappa shape index (κ2) is 10.4. The van der Waals surface area contributed by atoms with Crippen molar-refractivity contribution in [2.45, 2.75) is 61.1 Å². The summed E-state index contributed by atoms with van der Waals surface area (Å²) in [6, 6.07) is 6.22. The van der Waals surface area contributed by atoms with Gasteiger partial charge in [-0.05, 0) is 49.8 Å². The molecule has 3 heterocycles. The molecule has 1 aromatic heterocycles. The first-order chi connectivity index (χ1) is 17.2. The van der Waals surface area contributed by atoms with Crippen LogP contribution >= 0.6 is 11.8 Å². The lowest BCUT2D eigenvalue weighted by molar-refractivity contribution is 0.0960. The molecule has 0 unspecified atom stereocenters. The van der Waals surface area contributed by atoms with Crippen LogP contribution in [0.25, 0.3) is 11.0 Å². The quantitative estimate of drug-likeness (QED) is 0.379. The number of fused-ring (bicyclic) bond motifs is 1. The van der Waals surface area contributed by atoms with Gasteiger partial charge in [0.05, 0.1) is 28.6 Å². The third-order valence-corrected chi connectivity index (χ3v) is 9.67. The zero-order valence-corrected chi connectivity index (χ0v) is 21.6. The number of ether oxygens (including phenoxy) is 1. The highest BCUT2D eigenvalue weighted by Crippen LogP contribution is 2.32. The van der Waals surface area contributed by atoms with Crippen molar-refractivity contribution in [1.29, 1.82) is 0 Å². The van der Waals surface area contributed by atoms with Gasteiger partial charge >= 0.3 is 0 Å². The SMILES string of the molecule is C[C@H]1CCCN(S(=O)(=O)c2ccc3c(c2)nc(SCc2c(F)cc(F)cc2F)n3C[C@@H]2CCCO2)C1. The lowest BCUT2D eigenvalue weighted by Crippen LogP contribution is -2.39. The van der Waals surface area contributed by atoms with Crippen molar-refractivity contribution in [1.82, 2.24) is 13.9 Å². The topological polar surface area (TPSA) is 64.4 Å². The highest BCUT2D eigenvalue weighted by Gasteiger charge is 2.29. The van der Waals surface area contributed by atoms with Gasteiger partial charge in [-0.2, -0.15) is 4.31 Å². The molecule has 2 aliphatic heterocycles. The molecule has 0 aliphatic carbocycles. The highest BCUT2D eigenvalue weighted by molar-refractivity contribution is 7.98. The fourth-order valence-corrected chi connectivity index (χ4v) is 7.55. The molecule has 2 saturated heterocycles. The van der Waals surface area contributed by atoms with Gasteiger partial charge < -0.3 is 9.30 Å². The van der Waals surface area contributed by atoms with Crippen LogP contribution in [0.3, 0.4) is 0 Å². The Bertz CT molecular complexity index is 1350. The van der Waals surface area contributed by atoms with E-state index < -0.39 is 27.5 Å². The number of sulfonamides is 1. The number of halogens is 3. The summed E-state index contributed by atoms with van der Waals surface area (Å²) < 4.78 is 77.6. The van der Waals surface area contributed by atoms with E-state index in [0.29, 0.717) is 55.0 Å². The average molecular weight is 540 g/mol. The van der Waals surface area contributed by atoms with Crippen LogP contribution < -0.4 is 0 Å². The molecule has 0 radical (unpaired) electrons. The van der Waals surface area contributed by atoms with Gasteiger partial charge in [0.15, 0.2) is 5.16 Å². The minimum Gasteiger partial charge on any atom is -0.376 e. The second-order valence-electron chi connectivity index (χ2n) is 9.54. The van der Waals surface area contributed by atoms with Crippen molar-refractivity contribution >= 4 is 32.8 Å². The molecule has 2 fully saturated rings. The Morgan fingerprint density at radius 1 is 1.11 bits per heavy atom. The van der Waals surface area contributed by atoms with Crippen LogP contribution in [0.2, 0.25) is 0 Å². The number of benzene rings is 2. The minimum atomic E-state index is -3.67. The molecule has 5 rings (SSSR count). The van der Waals surface area contributed by atoms with Crippen molar-refractivity contribution in [3.8, 4) is 0 Å². The van der Waals surface area contributed by atoms with Gasteiger partial charge in [0.1, 0.15) is 17.5 Å². The number of imidazole rings is 1. The maximum Gasteiger partial charge on any atom is 0.243 e. The predicted octanol–water partition coefficient (Wildman–Crippen LogP) is 5.35. The zero-order valence-electron chi connectivity index (χ0n) is 19.9. The Labute approximate surface area is 212 Å². The molecule has 11 heteroatoms. The van der Waals surface area contributed by atoms with E-state index in [9.17, 15) is 21.6 Å². The summed E-state index contributed by atoms with van der Waals surface area (Å²) in [4.78, 5) is 4.83. The van der Waals surface area contributed by atoms with Crippen LogP contribution in [0.4, 0.5) is 13.2 Å². The van der Waals surface area contributed by atoms with Gasteiger partial charge in [-0.25, -0.2) is 26.6 Å². The largest absolute Gasteiger partial charge is 0.376 e. The summed E-state index contributed by atoms with van der Waals surface area (Å²) in [6.07, 6.45) is 3.64. The van der Waals surface area contributed by atoms with E-state index in [4.69, 9.17) is 4.74 Å². The summed E-state index contributed by atoms with van der Waals surface area (Å²) in [6.45, 7) is 4.19. The van der Waals surface area contributed by atoms with E-state index in [0.717, 1.165) is 43.0 Å². The van der Waals surface area contributed by atoms with E-state index in [1.807, 2.05) is 11.5 Å². The van der Waals surface area contributed by atoms with Gasteiger partial charge in [0.2, 0.25) is 10.0 Å². The van der Waals surface area contributed by atoms with Crippen molar-refractivity contribution < 1.29 is 26.3 Å². The van der Waals surface area contributed by atoms with Gasteiger partial charge in [-0.15, -0.1) is 0 Å². The fourth-order valence-electron chi connectivity index (χ4n) is 4.89. The molecule has 36 heavy (non-hydrogen) atoms. The lowest BCUT2D eigenvalue weighted by atomic mass is 10.0. The summed E-state index contributed by atoms with van der Waals surface area (Å²) in [5.41, 5.74) is 0.972. The van der Waals surface area contributed by atoms with Crippen molar-refractivity contribution in [3.05, 3.63) is 53.3 Å². The summed E-state index contributed by atoms with van der Waals surface area (Å²) in [5, 5.41) is 0.491. The van der Waals surface area contributed by atoms with Crippen LogP contribution in [0.1, 0.15) is 38.2 Å². The van der Waals surface area contributed by atoms with E-state index in [-0.39, 0.29) is 22.3 Å². The number of nitrogens with zero attached hydrogens (tertiary/aromatic N) is 3. The molecular weight excluding hydrogens is 511 g/mol. The van der Waals surface area contributed by atoms with E-state index in [1.165, 1.54) is 4.31 Å². The molecule has 3 aromatic rings. The summed E-state index contributed by atoms with van der Waals surface area (Å²) >= 11 is 1.12. The van der Waals surface area contributed by atoms with Crippen molar-refractivity contribution in [3.63, 3.8) is 0 Å². The molecule has 0 amide bonds. The van der Waals surface area contributed by atoms with Crippen molar-refractivity contribution in [2.75, 3.05) is 19.7 Å². The van der Waals surface area contributed by atoms with Crippen LogP contribution in [0, 0.1) is 23.4 Å².